The number of nitrogens with zero attached hydrogens (tertiary/aromatic N) is 4. The van der Waals surface area contributed by atoms with Gasteiger partial charge in [0.05, 0.1) is 26.1 Å². The lowest BCUT2D eigenvalue weighted by molar-refractivity contribution is -0.0736. The number of alkyl halides is 2. The SMILES string of the molecule is COc1cc2c(cc1OCCCN1CCCC1)NC(N1CCC(F)(F)NC1)=NC2NC1CCN(CCCN)CC1. The summed E-state index contributed by atoms with van der Waals surface area (Å²) in [5.41, 5.74) is 7.52. The molecular formula is C28H46F2N8O2. The first kappa shape index (κ1) is 29.2. The lowest BCUT2D eigenvalue weighted by Gasteiger charge is -2.39. The fraction of sp³-hybridized carbons (Fsp3) is 0.750. The number of benzene rings is 1. The van der Waals surface area contributed by atoms with Crippen molar-refractivity contribution in [2.24, 2.45) is 10.7 Å². The maximum absolute atomic E-state index is 13.8. The molecule has 224 valence electrons. The summed E-state index contributed by atoms with van der Waals surface area (Å²) in [5.74, 6) is 1.92. The number of piperidine rings is 1. The van der Waals surface area contributed by atoms with E-state index in [-0.39, 0.29) is 25.8 Å². The Kier molecular flexibility index (Phi) is 9.95. The number of likely N-dealkylation sites (tertiary alicyclic amines) is 2. The molecule has 12 heteroatoms. The molecule has 5 rings (SSSR count). The van der Waals surface area contributed by atoms with Gasteiger partial charge >= 0.3 is 6.05 Å². The third kappa shape index (κ3) is 7.52. The highest BCUT2D eigenvalue weighted by Gasteiger charge is 2.36. The van der Waals surface area contributed by atoms with Crippen molar-refractivity contribution in [3.05, 3.63) is 17.7 Å². The maximum Gasteiger partial charge on any atom is 0.305 e. The van der Waals surface area contributed by atoms with Crippen LogP contribution in [0.5, 0.6) is 11.5 Å². The Morgan fingerprint density at radius 1 is 1.05 bits per heavy atom. The van der Waals surface area contributed by atoms with Crippen LogP contribution in [0.25, 0.3) is 0 Å². The van der Waals surface area contributed by atoms with E-state index in [0.29, 0.717) is 36.7 Å². The van der Waals surface area contributed by atoms with E-state index in [0.717, 1.165) is 63.1 Å². The van der Waals surface area contributed by atoms with Crippen LogP contribution >= 0.6 is 0 Å². The van der Waals surface area contributed by atoms with Crippen molar-refractivity contribution >= 4 is 11.6 Å². The standard InChI is InChI=1S/C28H46F2N8O2/c1-39-24-18-22-23(19-25(24)40-17-5-13-36-10-2-3-11-36)34-27(38-16-8-28(29,30)32-20-38)35-26(22)33-21-6-14-37(15-7-21)12-4-9-31/h18-19,21,26,32-33H,2-17,20,31H2,1H3,(H,34,35). The van der Waals surface area contributed by atoms with E-state index in [4.69, 9.17) is 20.2 Å². The molecule has 3 saturated heterocycles. The molecule has 4 aliphatic rings. The summed E-state index contributed by atoms with van der Waals surface area (Å²) >= 11 is 0. The van der Waals surface area contributed by atoms with Crippen molar-refractivity contribution in [1.29, 1.82) is 0 Å². The van der Waals surface area contributed by atoms with E-state index in [1.165, 1.54) is 25.9 Å². The zero-order valence-corrected chi connectivity index (χ0v) is 23.8. The number of anilines is 1. The molecule has 1 atom stereocenters. The minimum Gasteiger partial charge on any atom is -0.493 e. The second-order valence-electron chi connectivity index (χ2n) is 11.3. The number of rotatable bonds is 11. The largest absolute Gasteiger partial charge is 0.493 e. The Balaban J connectivity index is 1.30. The van der Waals surface area contributed by atoms with Gasteiger partial charge in [-0.1, -0.05) is 0 Å². The van der Waals surface area contributed by atoms with Crippen molar-refractivity contribution in [2.75, 3.05) is 78.1 Å². The molecule has 40 heavy (non-hydrogen) atoms. The smallest absolute Gasteiger partial charge is 0.305 e. The van der Waals surface area contributed by atoms with Gasteiger partial charge in [0.1, 0.15) is 6.17 Å². The van der Waals surface area contributed by atoms with E-state index in [1.54, 1.807) is 7.11 Å². The van der Waals surface area contributed by atoms with Gasteiger partial charge in [-0.25, -0.2) is 10.3 Å². The van der Waals surface area contributed by atoms with E-state index in [2.05, 4.69) is 25.8 Å². The molecule has 4 heterocycles. The average molecular weight is 565 g/mol. The van der Waals surface area contributed by atoms with Crippen molar-refractivity contribution in [3.63, 3.8) is 0 Å². The predicted octanol–water partition coefficient (Wildman–Crippen LogP) is 2.59. The Bertz CT molecular complexity index is 989. The van der Waals surface area contributed by atoms with Crippen molar-refractivity contribution in [1.82, 2.24) is 25.3 Å². The third-order valence-electron chi connectivity index (χ3n) is 8.39. The molecule has 0 amide bonds. The van der Waals surface area contributed by atoms with Gasteiger partial charge in [-0.2, -0.15) is 8.78 Å². The minimum absolute atomic E-state index is 0.0242. The topological polar surface area (TPSA) is 103 Å². The molecule has 0 bridgehead atoms. The van der Waals surface area contributed by atoms with Gasteiger partial charge in [0.25, 0.3) is 0 Å². The maximum atomic E-state index is 13.8. The number of ether oxygens (including phenoxy) is 2. The Hall–Kier alpha value is -2.25. The van der Waals surface area contributed by atoms with Crippen molar-refractivity contribution in [3.8, 4) is 11.5 Å². The Labute approximate surface area is 236 Å². The second kappa shape index (κ2) is 13.6. The highest BCUT2D eigenvalue weighted by atomic mass is 19.3. The van der Waals surface area contributed by atoms with Crippen LogP contribution in [0.2, 0.25) is 0 Å². The minimum atomic E-state index is -2.86. The lowest BCUT2D eigenvalue weighted by Crippen LogP contribution is -2.55. The van der Waals surface area contributed by atoms with Crippen LogP contribution in [0, 0.1) is 0 Å². The fourth-order valence-electron chi connectivity index (χ4n) is 5.99. The first-order valence-electron chi connectivity index (χ1n) is 14.9. The summed E-state index contributed by atoms with van der Waals surface area (Å²) in [7, 11) is 1.66. The van der Waals surface area contributed by atoms with Gasteiger partial charge in [-0.15, -0.1) is 0 Å². The molecule has 1 aromatic carbocycles. The number of nitrogens with two attached hydrogens (primary N) is 1. The molecule has 0 saturated carbocycles. The lowest BCUT2D eigenvalue weighted by atomic mass is 10.0. The zero-order valence-electron chi connectivity index (χ0n) is 23.8. The van der Waals surface area contributed by atoms with Crippen LogP contribution in [0.15, 0.2) is 17.1 Å². The van der Waals surface area contributed by atoms with Gasteiger partial charge in [-0.05, 0) is 83.9 Å². The monoisotopic (exact) mass is 564 g/mol. The van der Waals surface area contributed by atoms with Crippen LogP contribution in [0.3, 0.4) is 0 Å². The van der Waals surface area contributed by atoms with Crippen LogP contribution in [0.1, 0.15) is 56.7 Å². The fourth-order valence-corrected chi connectivity index (χ4v) is 5.99. The molecule has 0 aliphatic carbocycles. The third-order valence-corrected chi connectivity index (χ3v) is 8.39. The van der Waals surface area contributed by atoms with Gasteiger partial charge in [0, 0.05) is 37.2 Å². The number of aliphatic imine (C=N–C) groups is 1. The van der Waals surface area contributed by atoms with Crippen LogP contribution < -0.4 is 31.2 Å². The van der Waals surface area contributed by atoms with Crippen molar-refractivity contribution < 1.29 is 18.3 Å². The number of methoxy groups -OCH3 is 1. The van der Waals surface area contributed by atoms with Crippen LogP contribution in [-0.2, 0) is 0 Å². The normalized spacial score (nSPS) is 23.9. The molecule has 0 spiro atoms. The number of hydrogen-bond acceptors (Lipinski definition) is 10. The van der Waals surface area contributed by atoms with E-state index in [1.807, 2.05) is 17.0 Å². The summed E-state index contributed by atoms with van der Waals surface area (Å²) in [4.78, 5) is 11.8. The molecule has 1 aromatic rings. The number of guanidine groups is 1. The average Bonchev–Trinajstić information content (AvgIpc) is 3.48. The molecular weight excluding hydrogens is 518 g/mol. The van der Waals surface area contributed by atoms with Gasteiger partial charge in [0.2, 0.25) is 5.96 Å². The number of fused-ring (bicyclic) bond motifs is 1. The van der Waals surface area contributed by atoms with Crippen LogP contribution in [-0.4, -0.2) is 105 Å². The predicted molar refractivity (Wildman–Crippen MR) is 153 cm³/mol. The first-order chi connectivity index (χ1) is 19.4. The molecule has 3 fully saturated rings. The van der Waals surface area contributed by atoms with Gasteiger partial charge in [0.15, 0.2) is 11.5 Å². The Morgan fingerprint density at radius 3 is 2.50 bits per heavy atom. The van der Waals surface area contributed by atoms with E-state index >= 15 is 0 Å². The van der Waals surface area contributed by atoms with Crippen molar-refractivity contribution in [2.45, 2.75) is 63.2 Å². The molecule has 1 unspecified atom stereocenters. The number of hydrogen-bond donors (Lipinski definition) is 4. The second-order valence-corrected chi connectivity index (χ2v) is 11.3. The summed E-state index contributed by atoms with van der Waals surface area (Å²) in [6, 6.07) is 1.40. The van der Waals surface area contributed by atoms with E-state index < -0.39 is 6.05 Å². The summed E-state index contributed by atoms with van der Waals surface area (Å²) in [6.07, 6.45) is 5.95. The van der Waals surface area contributed by atoms with Gasteiger partial charge < -0.3 is 35.2 Å². The molecule has 5 N–H and O–H groups in total. The molecule has 4 aliphatic heterocycles. The van der Waals surface area contributed by atoms with Gasteiger partial charge in [-0.3, -0.25) is 5.32 Å². The van der Waals surface area contributed by atoms with Crippen LogP contribution in [0.4, 0.5) is 14.5 Å². The molecule has 0 radical (unpaired) electrons. The highest BCUT2D eigenvalue weighted by molar-refractivity contribution is 5.96. The summed E-state index contributed by atoms with van der Waals surface area (Å²) < 4.78 is 39.6. The quantitative estimate of drug-likeness (QED) is 0.239. The summed E-state index contributed by atoms with van der Waals surface area (Å²) in [6.45, 7) is 8.00. The van der Waals surface area contributed by atoms with E-state index in [9.17, 15) is 8.78 Å². The Morgan fingerprint density at radius 2 is 1.80 bits per heavy atom. The number of nitrogens with one attached hydrogen (secondary N) is 3. The summed E-state index contributed by atoms with van der Waals surface area (Å²) in [5, 5.41) is 9.48. The number of halogens is 2. The molecule has 10 nitrogen and oxygen atoms in total. The molecule has 0 aromatic heterocycles. The first-order valence-corrected chi connectivity index (χ1v) is 14.9. The highest BCUT2D eigenvalue weighted by Crippen LogP contribution is 2.39. The zero-order chi connectivity index (χ0) is 28.0.